The minimum absolute atomic E-state index is 0.106. The lowest BCUT2D eigenvalue weighted by molar-refractivity contribution is 0.225. The van der Waals surface area contributed by atoms with E-state index in [2.05, 4.69) is 17.9 Å². The van der Waals surface area contributed by atoms with Crippen molar-refractivity contribution >= 4 is 31.3 Å². The maximum absolute atomic E-state index is 12.3. The van der Waals surface area contributed by atoms with Crippen molar-refractivity contribution in [2.45, 2.75) is 18.2 Å². The number of ether oxygens (including phenoxy) is 1. The molecule has 6 nitrogen and oxygen atoms in total. The normalized spacial score (nSPS) is 19.8. The van der Waals surface area contributed by atoms with E-state index in [9.17, 15) is 16.8 Å². The second-order valence-corrected chi connectivity index (χ2v) is 13.4. The van der Waals surface area contributed by atoms with E-state index in [0.717, 1.165) is 37.3 Å². The van der Waals surface area contributed by atoms with E-state index in [-0.39, 0.29) is 10.6 Å². The molecule has 1 heterocycles. The lowest BCUT2D eigenvalue weighted by Crippen LogP contribution is -2.24. The van der Waals surface area contributed by atoms with Gasteiger partial charge in [0, 0.05) is 36.8 Å². The SMILES string of the molecule is C[C@@H]1CN(CCc2cccc(Cl)c2)CC1COc1ccc(S(=O)(=O)CCS(C)(=O)=O)cc1. The molecule has 0 bridgehead atoms. The van der Waals surface area contributed by atoms with Gasteiger partial charge < -0.3 is 9.64 Å². The molecule has 1 saturated heterocycles. The fourth-order valence-electron chi connectivity index (χ4n) is 3.85. The smallest absolute Gasteiger partial charge is 0.179 e. The van der Waals surface area contributed by atoms with Crippen LogP contribution in [0.15, 0.2) is 53.4 Å². The van der Waals surface area contributed by atoms with E-state index < -0.39 is 25.4 Å². The van der Waals surface area contributed by atoms with Crippen molar-refractivity contribution in [1.29, 1.82) is 0 Å². The zero-order chi connectivity index (χ0) is 23.4. The van der Waals surface area contributed by atoms with Crippen LogP contribution in [0.4, 0.5) is 0 Å². The number of nitrogens with zero attached hydrogens (tertiary/aromatic N) is 1. The summed E-state index contributed by atoms with van der Waals surface area (Å²) in [5.74, 6) is 0.701. The number of hydrogen-bond donors (Lipinski definition) is 0. The van der Waals surface area contributed by atoms with Gasteiger partial charge in [-0.05, 0) is 54.3 Å². The van der Waals surface area contributed by atoms with Crippen LogP contribution >= 0.6 is 11.6 Å². The standard InChI is InChI=1S/C23H30ClNO5S2/c1-18-15-25(11-10-19-4-3-5-21(24)14-19)16-20(18)17-30-22-6-8-23(9-7-22)32(28,29)13-12-31(2,26)27/h3-9,14,18,20H,10-13,15-17H2,1-2H3/t18-,20?/m1/s1. The van der Waals surface area contributed by atoms with Crippen molar-refractivity contribution in [2.75, 3.05) is 44.0 Å². The third kappa shape index (κ3) is 7.47. The highest BCUT2D eigenvalue weighted by molar-refractivity contribution is 7.94. The molecule has 2 aromatic rings. The van der Waals surface area contributed by atoms with Gasteiger partial charge in [0.1, 0.15) is 15.6 Å². The van der Waals surface area contributed by atoms with Crippen molar-refractivity contribution < 1.29 is 21.6 Å². The first-order chi connectivity index (χ1) is 15.0. The van der Waals surface area contributed by atoms with Crippen LogP contribution in [0.1, 0.15) is 12.5 Å². The van der Waals surface area contributed by atoms with Crippen LogP contribution in [-0.4, -0.2) is 65.7 Å². The van der Waals surface area contributed by atoms with Crippen LogP contribution in [0, 0.1) is 11.8 Å². The molecule has 2 atom stereocenters. The average molecular weight is 500 g/mol. The van der Waals surface area contributed by atoms with Gasteiger partial charge in [0.15, 0.2) is 9.84 Å². The molecule has 3 rings (SSSR count). The Bertz CT molecular complexity index is 1120. The molecule has 0 N–H and O–H groups in total. The molecule has 9 heteroatoms. The molecular weight excluding hydrogens is 470 g/mol. The first kappa shape index (κ1) is 25.0. The molecule has 1 aliphatic rings. The van der Waals surface area contributed by atoms with Gasteiger partial charge in [-0.1, -0.05) is 30.7 Å². The first-order valence-electron chi connectivity index (χ1n) is 10.6. The molecule has 0 radical (unpaired) electrons. The quantitative estimate of drug-likeness (QED) is 0.498. The molecule has 176 valence electrons. The maximum Gasteiger partial charge on any atom is 0.179 e. The molecular formula is C23H30ClNO5S2. The van der Waals surface area contributed by atoms with Crippen molar-refractivity contribution in [1.82, 2.24) is 4.90 Å². The van der Waals surface area contributed by atoms with Gasteiger partial charge >= 0.3 is 0 Å². The Morgan fingerprint density at radius 1 is 1.03 bits per heavy atom. The Morgan fingerprint density at radius 2 is 1.75 bits per heavy atom. The molecule has 0 saturated carbocycles. The Morgan fingerprint density at radius 3 is 2.41 bits per heavy atom. The molecule has 0 spiro atoms. The monoisotopic (exact) mass is 499 g/mol. The second-order valence-electron chi connectivity index (χ2n) is 8.61. The largest absolute Gasteiger partial charge is 0.493 e. The average Bonchev–Trinajstić information content (AvgIpc) is 3.09. The number of rotatable bonds is 10. The molecule has 32 heavy (non-hydrogen) atoms. The number of likely N-dealkylation sites (tertiary alicyclic amines) is 1. The van der Waals surface area contributed by atoms with Crippen LogP contribution in [0.3, 0.4) is 0 Å². The summed E-state index contributed by atoms with van der Waals surface area (Å²) >= 11 is 6.07. The highest BCUT2D eigenvalue weighted by Crippen LogP contribution is 2.25. The highest BCUT2D eigenvalue weighted by atomic mass is 35.5. The Hall–Kier alpha value is -1.61. The van der Waals surface area contributed by atoms with Crippen LogP contribution in [0.25, 0.3) is 0 Å². The molecule has 0 aromatic heterocycles. The minimum atomic E-state index is -3.64. The Kier molecular flexibility index (Phi) is 8.25. The summed E-state index contributed by atoms with van der Waals surface area (Å²) in [6.07, 6.45) is 1.98. The third-order valence-electron chi connectivity index (χ3n) is 5.82. The molecule has 1 unspecified atom stereocenters. The minimum Gasteiger partial charge on any atom is -0.493 e. The summed E-state index contributed by atoms with van der Waals surface area (Å²) in [5, 5.41) is 0.762. The van der Waals surface area contributed by atoms with Crippen LogP contribution in [0.2, 0.25) is 5.02 Å². The molecule has 0 amide bonds. The molecule has 0 aliphatic carbocycles. The van der Waals surface area contributed by atoms with Gasteiger partial charge in [0.2, 0.25) is 0 Å². The summed E-state index contributed by atoms with van der Waals surface area (Å²) in [7, 11) is -6.98. The topological polar surface area (TPSA) is 80.8 Å². The summed E-state index contributed by atoms with van der Waals surface area (Å²) in [5.41, 5.74) is 1.23. The summed E-state index contributed by atoms with van der Waals surface area (Å²) in [4.78, 5) is 2.55. The highest BCUT2D eigenvalue weighted by Gasteiger charge is 2.29. The van der Waals surface area contributed by atoms with Crippen molar-refractivity contribution in [2.24, 2.45) is 11.8 Å². The van der Waals surface area contributed by atoms with E-state index in [0.29, 0.717) is 24.2 Å². The fraction of sp³-hybridized carbons (Fsp3) is 0.478. The van der Waals surface area contributed by atoms with E-state index >= 15 is 0 Å². The van der Waals surface area contributed by atoms with Crippen LogP contribution in [0.5, 0.6) is 5.75 Å². The van der Waals surface area contributed by atoms with Crippen LogP contribution in [-0.2, 0) is 26.1 Å². The lowest BCUT2D eigenvalue weighted by atomic mass is 9.99. The maximum atomic E-state index is 12.3. The van der Waals surface area contributed by atoms with E-state index in [1.807, 2.05) is 18.2 Å². The fourth-order valence-corrected chi connectivity index (χ4v) is 6.94. The van der Waals surface area contributed by atoms with Gasteiger partial charge in [0.05, 0.1) is 23.0 Å². The van der Waals surface area contributed by atoms with Gasteiger partial charge in [-0.2, -0.15) is 0 Å². The van der Waals surface area contributed by atoms with E-state index in [1.165, 1.54) is 17.7 Å². The first-order valence-corrected chi connectivity index (χ1v) is 14.7. The van der Waals surface area contributed by atoms with Crippen molar-refractivity contribution in [3.05, 3.63) is 59.1 Å². The molecule has 1 aliphatic heterocycles. The number of hydrogen-bond acceptors (Lipinski definition) is 6. The number of sulfone groups is 2. The Labute approximate surface area is 196 Å². The van der Waals surface area contributed by atoms with E-state index in [4.69, 9.17) is 16.3 Å². The molecule has 1 fully saturated rings. The zero-order valence-corrected chi connectivity index (χ0v) is 20.8. The van der Waals surface area contributed by atoms with E-state index in [1.54, 1.807) is 12.1 Å². The zero-order valence-electron chi connectivity index (χ0n) is 18.4. The summed E-state index contributed by atoms with van der Waals surface area (Å²) < 4.78 is 53.1. The number of benzene rings is 2. The second kappa shape index (κ2) is 10.5. The summed E-state index contributed by atoms with van der Waals surface area (Å²) in [6, 6.07) is 14.2. The predicted molar refractivity (Wildman–Crippen MR) is 128 cm³/mol. The van der Waals surface area contributed by atoms with Gasteiger partial charge in [-0.3, -0.25) is 0 Å². The van der Waals surface area contributed by atoms with Gasteiger partial charge in [-0.15, -0.1) is 0 Å². The van der Waals surface area contributed by atoms with Gasteiger partial charge in [0.25, 0.3) is 0 Å². The Balaban J connectivity index is 1.48. The number of halogens is 1. The third-order valence-corrected chi connectivity index (χ3v) is 8.99. The van der Waals surface area contributed by atoms with Crippen molar-refractivity contribution in [3.8, 4) is 5.75 Å². The molecule has 2 aromatic carbocycles. The lowest BCUT2D eigenvalue weighted by Gasteiger charge is -2.17. The van der Waals surface area contributed by atoms with Crippen molar-refractivity contribution in [3.63, 3.8) is 0 Å². The van der Waals surface area contributed by atoms with Gasteiger partial charge in [-0.25, -0.2) is 16.8 Å². The summed E-state index contributed by atoms with van der Waals surface area (Å²) in [6.45, 7) is 5.74. The predicted octanol–water partition coefficient (Wildman–Crippen LogP) is 3.35. The van der Waals surface area contributed by atoms with Crippen LogP contribution < -0.4 is 4.74 Å².